The maximum absolute atomic E-state index is 7.90. The summed E-state index contributed by atoms with van der Waals surface area (Å²) >= 11 is 0. The van der Waals surface area contributed by atoms with E-state index in [9.17, 15) is 0 Å². The molecule has 10 rings (SSSR count). The van der Waals surface area contributed by atoms with Gasteiger partial charge in [-0.3, -0.25) is 0 Å². The van der Waals surface area contributed by atoms with E-state index in [4.69, 9.17) is 14.2 Å². The molecule has 2 bridgehead atoms. The van der Waals surface area contributed by atoms with Gasteiger partial charge in [-0.1, -0.05) is 74.9 Å². The molecule has 0 N–H and O–H groups in total. The number of hydrogen-bond acceptors (Lipinski definition) is 4. The largest absolute Gasteiger partial charge is 0.497 e. The molecule has 1 saturated heterocycles. The quantitative estimate of drug-likeness (QED) is 0.269. The fourth-order valence-electron chi connectivity index (χ4n) is 11.7. The fraction of sp³-hybridized carbons (Fsp3) is 0.447. The van der Waals surface area contributed by atoms with Gasteiger partial charge in [0.1, 0.15) is 11.5 Å². The Morgan fingerprint density at radius 3 is 2.49 bits per heavy atom. The fourth-order valence-corrected chi connectivity index (χ4v) is 11.7. The lowest BCUT2D eigenvalue weighted by atomic mass is 9.64. The molecule has 0 radical (unpaired) electrons. The van der Waals surface area contributed by atoms with Crippen molar-refractivity contribution in [2.75, 3.05) is 32.2 Å². The molecule has 2 heterocycles. The Hall–Kier alpha value is -4.02. The van der Waals surface area contributed by atoms with Gasteiger partial charge in [-0.15, -0.1) is 0 Å². The Bertz CT molecular complexity index is 2030. The van der Waals surface area contributed by atoms with Gasteiger partial charge in [-0.05, 0) is 126 Å². The second kappa shape index (κ2) is 11.7. The van der Waals surface area contributed by atoms with Crippen molar-refractivity contribution in [2.45, 2.75) is 88.3 Å². The van der Waals surface area contributed by atoms with Gasteiger partial charge in [0.25, 0.3) is 0 Å². The summed E-state index contributed by atoms with van der Waals surface area (Å²) in [5.41, 5.74) is 12.8. The predicted molar refractivity (Wildman–Crippen MR) is 208 cm³/mol. The lowest BCUT2D eigenvalue weighted by Crippen LogP contribution is -2.40. The summed E-state index contributed by atoms with van der Waals surface area (Å²) in [5.74, 6) is 3.91. The predicted octanol–water partition coefficient (Wildman–Crippen LogP) is 10.7. The van der Waals surface area contributed by atoms with Crippen molar-refractivity contribution in [3.8, 4) is 22.6 Å². The molecule has 7 aliphatic rings. The van der Waals surface area contributed by atoms with E-state index in [-0.39, 0.29) is 17.4 Å². The Kier molecular flexibility index (Phi) is 7.30. The van der Waals surface area contributed by atoms with Crippen molar-refractivity contribution < 1.29 is 14.2 Å². The molecule has 4 nitrogen and oxygen atoms in total. The Balaban J connectivity index is 1.22. The Labute approximate surface area is 303 Å². The lowest BCUT2D eigenvalue weighted by Gasteiger charge is -2.45. The third-order valence-corrected chi connectivity index (χ3v) is 14.1. The van der Waals surface area contributed by atoms with Crippen molar-refractivity contribution in [2.24, 2.45) is 17.8 Å². The van der Waals surface area contributed by atoms with Gasteiger partial charge < -0.3 is 19.1 Å². The van der Waals surface area contributed by atoms with Crippen LogP contribution in [0.3, 0.4) is 0 Å². The van der Waals surface area contributed by atoms with Crippen LogP contribution in [0.1, 0.15) is 105 Å². The molecule has 51 heavy (non-hydrogen) atoms. The summed E-state index contributed by atoms with van der Waals surface area (Å²) in [4.78, 5) is 2.55. The van der Waals surface area contributed by atoms with Crippen LogP contribution in [0.4, 0.5) is 5.69 Å². The summed E-state index contributed by atoms with van der Waals surface area (Å²) in [5, 5.41) is 0. The zero-order valence-electron chi connectivity index (χ0n) is 30.7. The van der Waals surface area contributed by atoms with E-state index in [2.05, 4.69) is 104 Å². The minimum Gasteiger partial charge on any atom is -0.497 e. The standard InChI is InChI=1S/C47H51NO3/c1-29-10-6-7-11-39(29)47(32-14-16-34(17-15-32)48-24-8-5-9-25-48)23-22-38-44-43(37-20-21-41(50-4)30(2)42(37)45(38)51-47)36-19-18-35(49-3)27-40(36)46(44)28-31-12-13-33(46)26-31/h6-7,11,14-23,27,29-31,33,41H,5,8-10,12-13,24-26,28H2,1-4H3. The number of benzene rings is 3. The van der Waals surface area contributed by atoms with Crippen LogP contribution in [0.2, 0.25) is 0 Å². The van der Waals surface area contributed by atoms with E-state index in [1.807, 2.05) is 14.2 Å². The third-order valence-electron chi connectivity index (χ3n) is 14.1. The molecule has 0 aromatic heterocycles. The Morgan fingerprint density at radius 2 is 1.76 bits per heavy atom. The number of anilines is 1. The molecule has 3 fully saturated rings. The molecule has 7 unspecified atom stereocenters. The van der Waals surface area contributed by atoms with Gasteiger partial charge in [0.2, 0.25) is 0 Å². The van der Waals surface area contributed by atoms with Crippen LogP contribution in [0, 0.1) is 17.8 Å². The van der Waals surface area contributed by atoms with Crippen LogP contribution in [0.15, 0.2) is 78.4 Å². The highest BCUT2D eigenvalue weighted by atomic mass is 16.5. The Morgan fingerprint density at radius 1 is 0.922 bits per heavy atom. The maximum Gasteiger partial charge on any atom is 0.174 e. The topological polar surface area (TPSA) is 30.9 Å². The summed E-state index contributed by atoms with van der Waals surface area (Å²) in [6, 6.07) is 16.3. The number of rotatable bonds is 5. The summed E-state index contributed by atoms with van der Waals surface area (Å²) < 4.78 is 19.9. The highest BCUT2D eigenvalue weighted by Crippen LogP contribution is 2.69. The van der Waals surface area contributed by atoms with Crippen molar-refractivity contribution in [3.63, 3.8) is 0 Å². The minimum absolute atomic E-state index is 0.0173. The molecule has 0 amide bonds. The van der Waals surface area contributed by atoms with E-state index in [1.165, 1.54) is 101 Å². The van der Waals surface area contributed by atoms with E-state index >= 15 is 0 Å². The summed E-state index contributed by atoms with van der Waals surface area (Å²) in [7, 11) is 3.65. The highest BCUT2D eigenvalue weighted by Gasteiger charge is 2.59. The molecule has 1 spiro atoms. The van der Waals surface area contributed by atoms with Crippen molar-refractivity contribution in [1.29, 1.82) is 0 Å². The van der Waals surface area contributed by atoms with Gasteiger partial charge >= 0.3 is 0 Å². The van der Waals surface area contributed by atoms with E-state index in [1.54, 1.807) is 0 Å². The van der Waals surface area contributed by atoms with E-state index in [0.717, 1.165) is 36.9 Å². The molecular weight excluding hydrogens is 627 g/mol. The molecular formula is C47H51NO3. The van der Waals surface area contributed by atoms with E-state index < -0.39 is 5.60 Å². The SMILES string of the molecule is COc1ccc2c(c1)C1(CC3CCC1C3)c1c3c(c4c(c1-2)C=CC(OC)C4C)OC(C1=CC=CCC1C)(c1ccc(N2CCCCC2)cc1)C=C3. The molecule has 2 aliphatic heterocycles. The first-order chi connectivity index (χ1) is 25.0. The van der Waals surface area contributed by atoms with Gasteiger partial charge in [0.15, 0.2) is 5.60 Å². The van der Waals surface area contributed by atoms with Gasteiger partial charge in [-0.25, -0.2) is 0 Å². The van der Waals surface area contributed by atoms with Gasteiger partial charge in [0.05, 0.1) is 13.2 Å². The number of piperidine rings is 1. The second-order valence-electron chi connectivity index (χ2n) is 16.6. The zero-order valence-corrected chi connectivity index (χ0v) is 30.7. The maximum atomic E-state index is 7.90. The van der Waals surface area contributed by atoms with Crippen LogP contribution < -0.4 is 14.4 Å². The molecule has 3 aromatic rings. The molecule has 2 saturated carbocycles. The number of ether oxygens (including phenoxy) is 3. The number of fused-ring (bicyclic) bond motifs is 13. The molecule has 262 valence electrons. The van der Waals surface area contributed by atoms with Crippen molar-refractivity contribution in [1.82, 2.24) is 0 Å². The number of methoxy groups -OCH3 is 2. The first kappa shape index (κ1) is 31.7. The van der Waals surface area contributed by atoms with Crippen LogP contribution >= 0.6 is 0 Å². The average Bonchev–Trinajstić information content (AvgIpc) is 3.87. The first-order valence-corrected chi connectivity index (χ1v) is 19.7. The van der Waals surface area contributed by atoms with Crippen LogP contribution in [-0.4, -0.2) is 33.4 Å². The molecule has 5 aliphatic carbocycles. The van der Waals surface area contributed by atoms with Gasteiger partial charge in [0, 0.05) is 53.9 Å². The molecule has 7 atom stereocenters. The average molecular weight is 678 g/mol. The van der Waals surface area contributed by atoms with Gasteiger partial charge in [-0.2, -0.15) is 0 Å². The number of nitrogens with zero attached hydrogens (tertiary/aromatic N) is 1. The monoisotopic (exact) mass is 677 g/mol. The molecule has 4 heteroatoms. The van der Waals surface area contributed by atoms with Crippen LogP contribution in [-0.2, 0) is 15.8 Å². The van der Waals surface area contributed by atoms with Crippen molar-refractivity contribution in [3.05, 3.63) is 112 Å². The summed E-state index contributed by atoms with van der Waals surface area (Å²) in [6.07, 6.45) is 26.5. The van der Waals surface area contributed by atoms with Crippen molar-refractivity contribution >= 4 is 17.8 Å². The third kappa shape index (κ3) is 4.41. The second-order valence-corrected chi connectivity index (χ2v) is 16.6. The highest BCUT2D eigenvalue weighted by molar-refractivity contribution is 5.96. The summed E-state index contributed by atoms with van der Waals surface area (Å²) in [6.45, 7) is 6.98. The van der Waals surface area contributed by atoms with Crippen LogP contribution in [0.25, 0.3) is 23.3 Å². The lowest BCUT2D eigenvalue weighted by molar-refractivity contribution is 0.113. The number of allylic oxidation sites excluding steroid dienone is 3. The first-order valence-electron chi connectivity index (χ1n) is 19.7. The van der Waals surface area contributed by atoms with Crippen LogP contribution in [0.5, 0.6) is 11.5 Å². The molecule has 3 aromatic carbocycles. The minimum atomic E-state index is -0.709. The zero-order chi connectivity index (χ0) is 34.5. The number of hydrogen-bond donors (Lipinski definition) is 0. The normalized spacial score (nSPS) is 32.4. The smallest absolute Gasteiger partial charge is 0.174 e. The van der Waals surface area contributed by atoms with E-state index in [0.29, 0.717) is 11.8 Å².